The van der Waals surface area contributed by atoms with Gasteiger partial charge >= 0.3 is 0 Å². The zero-order valence-corrected chi connectivity index (χ0v) is 11.5. The van der Waals surface area contributed by atoms with E-state index in [4.69, 9.17) is 4.74 Å². The summed E-state index contributed by atoms with van der Waals surface area (Å²) in [4.78, 5) is 12.1. The Bertz CT molecular complexity index is 623. The van der Waals surface area contributed by atoms with Crippen LogP contribution in [0.3, 0.4) is 0 Å². The molecule has 0 radical (unpaired) electrons. The van der Waals surface area contributed by atoms with Gasteiger partial charge in [0.25, 0.3) is 5.91 Å². The topological polar surface area (TPSA) is 58.6 Å². The number of aromatic hydroxyl groups is 1. The van der Waals surface area contributed by atoms with Crippen molar-refractivity contribution in [2.24, 2.45) is 0 Å². The molecule has 20 heavy (non-hydrogen) atoms. The molecule has 4 heteroatoms. The van der Waals surface area contributed by atoms with E-state index in [0.29, 0.717) is 17.9 Å². The Balaban J connectivity index is 2.05. The lowest BCUT2D eigenvalue weighted by atomic mass is 10.1. The van der Waals surface area contributed by atoms with Gasteiger partial charge in [0, 0.05) is 12.1 Å². The minimum absolute atomic E-state index is 0.174. The number of carbonyl (C=O) groups excluding carboxylic acids is 1. The highest BCUT2D eigenvalue weighted by Gasteiger charge is 2.08. The van der Waals surface area contributed by atoms with Crippen LogP contribution in [0.5, 0.6) is 11.5 Å². The molecule has 104 valence electrons. The molecule has 2 aromatic rings. The van der Waals surface area contributed by atoms with Crippen molar-refractivity contribution in [3.8, 4) is 11.5 Å². The van der Waals surface area contributed by atoms with Gasteiger partial charge in [-0.2, -0.15) is 0 Å². The number of nitrogens with one attached hydrogen (secondary N) is 1. The van der Waals surface area contributed by atoms with E-state index in [9.17, 15) is 9.90 Å². The first-order valence-corrected chi connectivity index (χ1v) is 6.31. The third-order valence-electron chi connectivity index (χ3n) is 3.03. The van der Waals surface area contributed by atoms with Crippen LogP contribution in [0.15, 0.2) is 42.5 Å². The number of phenols is 1. The van der Waals surface area contributed by atoms with E-state index >= 15 is 0 Å². The summed E-state index contributed by atoms with van der Waals surface area (Å²) < 4.78 is 5.20. The summed E-state index contributed by atoms with van der Waals surface area (Å²) in [5.74, 6) is 0.704. The molecule has 2 rings (SSSR count). The summed E-state index contributed by atoms with van der Waals surface area (Å²) in [5.41, 5.74) is 2.38. The van der Waals surface area contributed by atoms with E-state index in [1.807, 2.05) is 19.1 Å². The Kier molecular flexibility index (Phi) is 4.25. The van der Waals surface area contributed by atoms with Gasteiger partial charge in [-0.25, -0.2) is 0 Å². The minimum atomic E-state index is -0.174. The van der Waals surface area contributed by atoms with Gasteiger partial charge in [0.15, 0.2) is 0 Å². The number of benzene rings is 2. The second kappa shape index (κ2) is 6.10. The average molecular weight is 271 g/mol. The summed E-state index contributed by atoms with van der Waals surface area (Å²) in [6, 6.07) is 12.1. The zero-order valence-electron chi connectivity index (χ0n) is 11.5. The highest BCUT2D eigenvalue weighted by Crippen LogP contribution is 2.19. The molecular weight excluding hydrogens is 254 g/mol. The zero-order chi connectivity index (χ0) is 14.5. The Labute approximate surface area is 118 Å². The van der Waals surface area contributed by atoms with Crippen molar-refractivity contribution >= 4 is 5.91 Å². The second-order valence-corrected chi connectivity index (χ2v) is 4.54. The molecule has 0 atom stereocenters. The van der Waals surface area contributed by atoms with Crippen molar-refractivity contribution in [2.45, 2.75) is 13.5 Å². The van der Waals surface area contributed by atoms with E-state index < -0.39 is 0 Å². The first kappa shape index (κ1) is 13.9. The standard InChI is InChI=1S/C16H17NO3/c1-11-6-7-13(9-15(11)20-2)16(19)17-10-12-4-3-5-14(18)8-12/h3-9,18H,10H2,1-2H3,(H,17,19). The minimum Gasteiger partial charge on any atom is -0.508 e. The first-order chi connectivity index (χ1) is 9.60. The third kappa shape index (κ3) is 3.29. The number of ether oxygens (including phenoxy) is 1. The van der Waals surface area contributed by atoms with Crippen molar-refractivity contribution in [1.29, 1.82) is 0 Å². The number of carbonyl (C=O) groups is 1. The van der Waals surface area contributed by atoms with Crippen molar-refractivity contribution in [3.05, 3.63) is 59.2 Å². The van der Waals surface area contributed by atoms with Crippen molar-refractivity contribution in [1.82, 2.24) is 5.32 Å². The van der Waals surface area contributed by atoms with Crippen LogP contribution in [0.4, 0.5) is 0 Å². The van der Waals surface area contributed by atoms with E-state index in [1.54, 1.807) is 37.4 Å². The summed E-state index contributed by atoms with van der Waals surface area (Å²) in [6.07, 6.45) is 0. The van der Waals surface area contributed by atoms with Gasteiger partial charge in [-0.15, -0.1) is 0 Å². The van der Waals surface area contributed by atoms with Gasteiger partial charge in [0.2, 0.25) is 0 Å². The van der Waals surface area contributed by atoms with Crippen molar-refractivity contribution in [2.75, 3.05) is 7.11 Å². The molecule has 2 aromatic carbocycles. The fraction of sp³-hybridized carbons (Fsp3) is 0.188. The molecule has 2 N–H and O–H groups in total. The van der Waals surface area contributed by atoms with Gasteiger partial charge in [0.05, 0.1) is 7.11 Å². The van der Waals surface area contributed by atoms with E-state index in [-0.39, 0.29) is 11.7 Å². The lowest BCUT2D eigenvalue weighted by molar-refractivity contribution is 0.0950. The number of phenolic OH excluding ortho intramolecular Hbond substituents is 1. The predicted octanol–water partition coefficient (Wildman–Crippen LogP) is 2.64. The van der Waals surface area contributed by atoms with Crippen LogP contribution in [0.1, 0.15) is 21.5 Å². The Morgan fingerprint density at radius 1 is 1.25 bits per heavy atom. The van der Waals surface area contributed by atoms with E-state index in [2.05, 4.69) is 5.32 Å². The first-order valence-electron chi connectivity index (χ1n) is 6.31. The molecule has 0 saturated heterocycles. The fourth-order valence-electron chi connectivity index (χ4n) is 1.91. The number of rotatable bonds is 4. The average Bonchev–Trinajstić information content (AvgIpc) is 2.45. The fourth-order valence-corrected chi connectivity index (χ4v) is 1.91. The van der Waals surface area contributed by atoms with Gasteiger partial charge in [-0.1, -0.05) is 18.2 Å². The van der Waals surface area contributed by atoms with Crippen LogP contribution in [0.2, 0.25) is 0 Å². The molecule has 0 aliphatic rings. The molecule has 0 unspecified atom stereocenters. The van der Waals surface area contributed by atoms with Gasteiger partial charge in [-0.3, -0.25) is 4.79 Å². The Hall–Kier alpha value is -2.49. The maximum Gasteiger partial charge on any atom is 0.251 e. The van der Waals surface area contributed by atoms with Crippen LogP contribution in [0, 0.1) is 6.92 Å². The molecule has 0 aromatic heterocycles. The third-order valence-corrected chi connectivity index (χ3v) is 3.03. The lowest BCUT2D eigenvalue weighted by Crippen LogP contribution is -2.22. The normalized spacial score (nSPS) is 10.1. The summed E-state index contributed by atoms with van der Waals surface area (Å²) in [6.45, 7) is 2.29. The van der Waals surface area contributed by atoms with E-state index in [1.165, 1.54) is 0 Å². The molecule has 0 saturated carbocycles. The van der Waals surface area contributed by atoms with Crippen LogP contribution in [0.25, 0.3) is 0 Å². The van der Waals surface area contributed by atoms with Gasteiger partial charge in [0.1, 0.15) is 11.5 Å². The summed E-state index contributed by atoms with van der Waals surface area (Å²) >= 11 is 0. The molecule has 0 aliphatic heterocycles. The lowest BCUT2D eigenvalue weighted by Gasteiger charge is -2.09. The summed E-state index contributed by atoms with van der Waals surface area (Å²) in [5, 5.41) is 12.2. The number of hydrogen-bond donors (Lipinski definition) is 2. The van der Waals surface area contributed by atoms with Crippen molar-refractivity contribution in [3.63, 3.8) is 0 Å². The number of methoxy groups -OCH3 is 1. The highest BCUT2D eigenvalue weighted by molar-refractivity contribution is 5.94. The molecular formula is C16H17NO3. The monoisotopic (exact) mass is 271 g/mol. The quantitative estimate of drug-likeness (QED) is 0.898. The SMILES string of the molecule is COc1cc(C(=O)NCc2cccc(O)c2)ccc1C. The highest BCUT2D eigenvalue weighted by atomic mass is 16.5. The van der Waals surface area contributed by atoms with Crippen molar-refractivity contribution < 1.29 is 14.6 Å². The van der Waals surface area contributed by atoms with Crippen LogP contribution in [-0.4, -0.2) is 18.1 Å². The van der Waals surface area contributed by atoms with Crippen LogP contribution < -0.4 is 10.1 Å². The van der Waals surface area contributed by atoms with Gasteiger partial charge in [-0.05, 0) is 42.3 Å². The molecule has 0 aliphatic carbocycles. The maximum atomic E-state index is 12.1. The number of hydrogen-bond acceptors (Lipinski definition) is 3. The summed E-state index contributed by atoms with van der Waals surface area (Å²) in [7, 11) is 1.58. The molecule has 0 heterocycles. The second-order valence-electron chi connectivity index (χ2n) is 4.54. The molecule has 0 bridgehead atoms. The van der Waals surface area contributed by atoms with Gasteiger partial charge < -0.3 is 15.2 Å². The Morgan fingerprint density at radius 2 is 2.05 bits per heavy atom. The maximum absolute atomic E-state index is 12.1. The molecule has 0 spiro atoms. The number of amides is 1. The van der Waals surface area contributed by atoms with Crippen LogP contribution >= 0.6 is 0 Å². The smallest absolute Gasteiger partial charge is 0.251 e. The predicted molar refractivity (Wildman–Crippen MR) is 77.0 cm³/mol. The molecule has 4 nitrogen and oxygen atoms in total. The largest absolute Gasteiger partial charge is 0.508 e. The Morgan fingerprint density at radius 3 is 2.75 bits per heavy atom. The number of aryl methyl sites for hydroxylation is 1. The van der Waals surface area contributed by atoms with E-state index in [0.717, 1.165) is 11.1 Å². The molecule has 1 amide bonds. The molecule has 0 fully saturated rings. The van der Waals surface area contributed by atoms with Crippen LogP contribution in [-0.2, 0) is 6.54 Å².